The van der Waals surface area contributed by atoms with Gasteiger partial charge in [0.05, 0.1) is 10.4 Å². The number of hydrogen-bond acceptors (Lipinski definition) is 6. The van der Waals surface area contributed by atoms with E-state index >= 15 is 0 Å². The minimum atomic E-state index is -3.19. The molecule has 128 valence electrons. The van der Waals surface area contributed by atoms with Gasteiger partial charge >= 0.3 is 0 Å². The summed E-state index contributed by atoms with van der Waals surface area (Å²) in [5, 5.41) is 0.952. The van der Waals surface area contributed by atoms with E-state index in [2.05, 4.69) is 20.8 Å². The maximum atomic E-state index is 11.6. The smallest absolute Gasteiger partial charge is 0.237 e. The number of aromatic nitrogens is 2. The number of nitrogens with zero attached hydrogens (tertiary/aromatic N) is 2. The van der Waals surface area contributed by atoms with Crippen molar-refractivity contribution in [2.45, 2.75) is 23.8 Å². The maximum absolute atomic E-state index is 11.6. The van der Waals surface area contributed by atoms with E-state index in [1.54, 1.807) is 18.3 Å². The molecule has 1 fully saturated rings. The molecule has 4 rings (SSSR count). The first-order valence-electron chi connectivity index (χ1n) is 8.08. The lowest BCUT2D eigenvalue weighted by atomic mass is 10.0. The average Bonchev–Trinajstić information content (AvgIpc) is 3.43. The predicted octanol–water partition coefficient (Wildman–Crippen LogP) is 2.78. The molecule has 3 aromatic rings. The maximum Gasteiger partial charge on any atom is 0.237 e. The molecule has 1 heterocycles. The minimum Gasteiger partial charge on any atom is -0.289 e. The second-order valence-electron chi connectivity index (χ2n) is 6.31. The average molecular weight is 354 g/mol. The highest BCUT2D eigenvalue weighted by Crippen LogP contribution is 2.25. The molecule has 1 aliphatic carbocycles. The lowest BCUT2D eigenvalue weighted by Gasteiger charge is -2.08. The zero-order chi connectivity index (χ0) is 17.4. The molecule has 1 aromatic heterocycles. The highest BCUT2D eigenvalue weighted by molar-refractivity contribution is 7.90. The molecule has 0 atom stereocenters. The van der Waals surface area contributed by atoms with Crippen molar-refractivity contribution in [3.63, 3.8) is 0 Å². The number of rotatable bonds is 5. The summed E-state index contributed by atoms with van der Waals surface area (Å²) in [5.74, 6) is 0.545. The van der Waals surface area contributed by atoms with Gasteiger partial charge < -0.3 is 0 Å². The van der Waals surface area contributed by atoms with Gasteiger partial charge in [0.1, 0.15) is 0 Å². The molecule has 0 aliphatic heterocycles. The number of anilines is 1. The van der Waals surface area contributed by atoms with Gasteiger partial charge in [0.25, 0.3) is 0 Å². The summed E-state index contributed by atoms with van der Waals surface area (Å²) < 4.78 is 23.2. The number of hydrazine groups is 1. The van der Waals surface area contributed by atoms with Crippen LogP contribution in [0.15, 0.2) is 53.6 Å². The van der Waals surface area contributed by atoms with Crippen LogP contribution in [0.2, 0.25) is 0 Å². The van der Waals surface area contributed by atoms with E-state index in [-0.39, 0.29) is 0 Å². The number of benzene rings is 2. The van der Waals surface area contributed by atoms with E-state index in [0.717, 1.165) is 22.0 Å². The molecule has 2 aromatic carbocycles. The highest BCUT2D eigenvalue weighted by atomic mass is 32.2. The molecule has 0 unspecified atom stereocenters. The van der Waals surface area contributed by atoms with Crippen LogP contribution in [0.25, 0.3) is 22.0 Å². The Kier molecular flexibility index (Phi) is 3.89. The van der Waals surface area contributed by atoms with E-state index in [1.165, 1.54) is 19.1 Å². The van der Waals surface area contributed by atoms with Crippen LogP contribution < -0.4 is 10.9 Å². The molecule has 0 amide bonds. The number of hydrogen-bond donors (Lipinski definition) is 2. The van der Waals surface area contributed by atoms with Gasteiger partial charge in [0.15, 0.2) is 9.84 Å². The summed E-state index contributed by atoms with van der Waals surface area (Å²) in [6.45, 7) is 0. The van der Waals surface area contributed by atoms with Gasteiger partial charge in [-0.05, 0) is 42.2 Å². The van der Waals surface area contributed by atoms with Gasteiger partial charge in [-0.3, -0.25) is 5.43 Å². The van der Waals surface area contributed by atoms with Crippen LogP contribution in [-0.2, 0) is 9.84 Å². The first-order chi connectivity index (χ1) is 12.0. The molecular weight excluding hydrogens is 336 g/mol. The molecule has 0 radical (unpaired) electrons. The molecule has 0 saturated heterocycles. The molecule has 7 heteroatoms. The third kappa shape index (κ3) is 3.62. The van der Waals surface area contributed by atoms with Crippen LogP contribution in [0.1, 0.15) is 12.8 Å². The van der Waals surface area contributed by atoms with Crippen molar-refractivity contribution in [3.8, 4) is 11.1 Å². The van der Waals surface area contributed by atoms with Crippen molar-refractivity contribution in [3.05, 3.63) is 48.7 Å². The monoisotopic (exact) mass is 354 g/mol. The Morgan fingerprint density at radius 2 is 1.76 bits per heavy atom. The van der Waals surface area contributed by atoms with E-state index in [4.69, 9.17) is 0 Å². The summed E-state index contributed by atoms with van der Waals surface area (Å²) in [4.78, 5) is 9.15. The zero-order valence-electron chi connectivity index (χ0n) is 13.7. The molecule has 1 aliphatic rings. The van der Waals surface area contributed by atoms with Crippen molar-refractivity contribution < 1.29 is 8.42 Å². The Bertz CT molecular complexity index is 1030. The molecule has 0 bridgehead atoms. The first-order valence-corrected chi connectivity index (χ1v) is 9.97. The third-order valence-electron chi connectivity index (χ3n) is 4.16. The first kappa shape index (κ1) is 16.0. The van der Waals surface area contributed by atoms with E-state index in [9.17, 15) is 8.42 Å². The Morgan fingerprint density at radius 1 is 1.04 bits per heavy atom. The molecular formula is C18H18N4O2S. The number of fused-ring (bicyclic) bond motifs is 1. The van der Waals surface area contributed by atoms with Gasteiger partial charge in [0, 0.05) is 23.9 Å². The SMILES string of the molecule is CS(=O)(=O)c1ccc(-c2ccc3cnc(NNC4CC4)nc3c2)cc1. The predicted molar refractivity (Wildman–Crippen MR) is 97.9 cm³/mol. The fourth-order valence-corrected chi connectivity index (χ4v) is 3.18. The van der Waals surface area contributed by atoms with Gasteiger partial charge in [0.2, 0.25) is 5.95 Å². The summed E-state index contributed by atoms with van der Waals surface area (Å²) in [5.41, 5.74) is 8.97. The third-order valence-corrected chi connectivity index (χ3v) is 5.29. The minimum absolute atomic E-state index is 0.317. The number of sulfone groups is 1. The van der Waals surface area contributed by atoms with Crippen LogP contribution in [-0.4, -0.2) is 30.7 Å². The van der Waals surface area contributed by atoms with E-state index < -0.39 is 9.84 Å². The normalized spacial score (nSPS) is 14.6. The van der Waals surface area contributed by atoms with Gasteiger partial charge in [-0.15, -0.1) is 0 Å². The van der Waals surface area contributed by atoms with Crippen LogP contribution in [0, 0.1) is 0 Å². The van der Waals surface area contributed by atoms with Crippen molar-refractivity contribution >= 4 is 26.7 Å². The van der Waals surface area contributed by atoms with Gasteiger partial charge in [-0.2, -0.15) is 0 Å². The molecule has 2 N–H and O–H groups in total. The van der Waals surface area contributed by atoms with Crippen molar-refractivity contribution in [1.82, 2.24) is 15.4 Å². The molecule has 6 nitrogen and oxygen atoms in total. The molecule has 0 spiro atoms. The highest BCUT2D eigenvalue weighted by Gasteiger charge is 2.20. The molecule has 25 heavy (non-hydrogen) atoms. The summed E-state index contributed by atoms with van der Waals surface area (Å²) in [7, 11) is -3.19. The van der Waals surface area contributed by atoms with E-state index in [0.29, 0.717) is 16.9 Å². The van der Waals surface area contributed by atoms with Crippen molar-refractivity contribution in [1.29, 1.82) is 0 Å². The van der Waals surface area contributed by atoms with Crippen LogP contribution in [0.3, 0.4) is 0 Å². The number of nitrogens with one attached hydrogen (secondary N) is 2. The van der Waals surface area contributed by atoms with Crippen LogP contribution in [0.4, 0.5) is 5.95 Å². The zero-order valence-corrected chi connectivity index (χ0v) is 14.5. The second kappa shape index (κ2) is 6.09. The summed E-state index contributed by atoms with van der Waals surface area (Å²) >= 11 is 0. The topological polar surface area (TPSA) is 84.0 Å². The standard InChI is InChI=1S/C18H18N4O2S/c1-25(23,24)16-8-4-12(5-9-16)13-2-3-14-11-19-18(20-17(14)10-13)22-21-15-6-7-15/h2-5,8-11,15,21H,6-7H2,1H3,(H,19,20,22). The Morgan fingerprint density at radius 3 is 2.44 bits per heavy atom. The van der Waals surface area contributed by atoms with Crippen molar-refractivity contribution in [2.75, 3.05) is 11.7 Å². The second-order valence-corrected chi connectivity index (χ2v) is 8.32. The quantitative estimate of drug-likeness (QED) is 0.686. The van der Waals surface area contributed by atoms with Gasteiger partial charge in [-0.25, -0.2) is 23.8 Å². The fraction of sp³-hybridized carbons (Fsp3) is 0.222. The Balaban J connectivity index is 1.64. The van der Waals surface area contributed by atoms with Crippen LogP contribution >= 0.6 is 0 Å². The Hall–Kier alpha value is -2.51. The summed E-state index contributed by atoms with van der Waals surface area (Å²) in [6.07, 6.45) is 5.34. The van der Waals surface area contributed by atoms with Crippen LogP contribution in [0.5, 0.6) is 0 Å². The van der Waals surface area contributed by atoms with Crippen molar-refractivity contribution in [2.24, 2.45) is 0 Å². The lowest BCUT2D eigenvalue weighted by Crippen LogP contribution is -2.24. The molecule has 1 saturated carbocycles. The Labute approximate surface area is 146 Å². The largest absolute Gasteiger partial charge is 0.289 e. The fourth-order valence-electron chi connectivity index (χ4n) is 2.55. The van der Waals surface area contributed by atoms with Gasteiger partial charge in [-0.1, -0.05) is 24.3 Å². The summed E-state index contributed by atoms with van der Waals surface area (Å²) in [6, 6.07) is 13.3. The lowest BCUT2D eigenvalue weighted by molar-refractivity contribution is 0.602. The van der Waals surface area contributed by atoms with E-state index in [1.807, 2.05) is 30.3 Å².